The van der Waals surface area contributed by atoms with Crippen molar-refractivity contribution in [3.05, 3.63) is 32.1 Å². The minimum absolute atomic E-state index is 0. The maximum absolute atomic E-state index is 12.2. The molecule has 26 heavy (non-hydrogen) atoms. The summed E-state index contributed by atoms with van der Waals surface area (Å²) in [6, 6.07) is -0.354. The van der Waals surface area contributed by atoms with Gasteiger partial charge in [-0.05, 0) is 18.4 Å². The number of aliphatic hydroxyl groups excluding tert-OH is 2. The first-order valence-corrected chi connectivity index (χ1v) is 9.47. The maximum Gasteiger partial charge on any atom is 1.00 e. The number of rotatable bonds is 6. The van der Waals surface area contributed by atoms with E-state index in [1.54, 1.807) is 17.0 Å². The van der Waals surface area contributed by atoms with Gasteiger partial charge in [-0.3, -0.25) is 4.79 Å². The zero-order valence-electron chi connectivity index (χ0n) is 14.6. The van der Waals surface area contributed by atoms with Crippen LogP contribution in [0.5, 0.6) is 0 Å². The number of β-lactam (4-membered cyclic amide) rings is 1. The fourth-order valence-corrected chi connectivity index (χ4v) is 5.15. The number of aliphatic hydroxyl groups is 2. The van der Waals surface area contributed by atoms with E-state index in [0.29, 0.717) is 10.6 Å². The SMILES string of the molecule is C[C@@H](O)[C@H]1C(=O)N2C(C(=O)[O-])=C(S/C=C\c3scnc3CO)[C@H](C)[C@H]12.[K+]. The van der Waals surface area contributed by atoms with Gasteiger partial charge < -0.3 is 25.0 Å². The Balaban J connectivity index is 0.00000243. The smallest absolute Gasteiger partial charge is 0.543 e. The third-order valence-electron chi connectivity index (χ3n) is 4.54. The molecule has 0 saturated carbocycles. The molecular formula is C16H17KN2O5S2. The number of carbonyl (C=O) groups is 2. The number of carboxylic acid groups (broad SMARTS) is 1. The van der Waals surface area contributed by atoms with Crippen molar-refractivity contribution in [1.82, 2.24) is 9.88 Å². The normalized spacial score (nSPS) is 25.9. The van der Waals surface area contributed by atoms with Crippen LogP contribution in [0.15, 0.2) is 21.5 Å². The number of carbonyl (C=O) groups excluding carboxylic acids is 2. The van der Waals surface area contributed by atoms with Crippen LogP contribution in [0, 0.1) is 11.8 Å². The van der Waals surface area contributed by atoms with Crippen LogP contribution < -0.4 is 56.5 Å². The van der Waals surface area contributed by atoms with Crippen molar-refractivity contribution in [1.29, 1.82) is 0 Å². The largest absolute Gasteiger partial charge is 1.00 e. The fourth-order valence-electron chi connectivity index (χ4n) is 3.37. The summed E-state index contributed by atoms with van der Waals surface area (Å²) in [6.07, 6.45) is 0.924. The van der Waals surface area contributed by atoms with Crippen LogP contribution in [0.3, 0.4) is 0 Å². The van der Waals surface area contributed by atoms with Crippen LogP contribution >= 0.6 is 23.1 Å². The number of amides is 1. The number of aromatic nitrogens is 1. The Labute approximate surface area is 201 Å². The van der Waals surface area contributed by atoms with Gasteiger partial charge in [0.2, 0.25) is 5.91 Å². The zero-order valence-corrected chi connectivity index (χ0v) is 19.3. The van der Waals surface area contributed by atoms with Gasteiger partial charge in [0.15, 0.2) is 0 Å². The van der Waals surface area contributed by atoms with E-state index in [-0.39, 0.29) is 81.6 Å². The molecule has 2 aliphatic rings. The second-order valence-corrected chi connectivity index (χ2v) is 7.83. The molecule has 0 unspecified atom stereocenters. The summed E-state index contributed by atoms with van der Waals surface area (Å²) in [6.45, 7) is 3.21. The van der Waals surface area contributed by atoms with Crippen molar-refractivity contribution in [2.24, 2.45) is 11.8 Å². The van der Waals surface area contributed by atoms with Gasteiger partial charge in [-0.2, -0.15) is 0 Å². The standard InChI is InChI=1S/C16H18N2O5S2.K/c1-7-12-11(8(2)20)15(21)18(12)13(16(22)23)14(7)24-4-3-10-9(5-19)17-6-25-10;/h3-4,6-8,11-12,19-20H,5H2,1-2H3,(H,22,23);/q;+1/p-1/b4-3-;/t7-,8-,11-,12-;/m1./s1. The van der Waals surface area contributed by atoms with Gasteiger partial charge in [0, 0.05) is 10.8 Å². The van der Waals surface area contributed by atoms with Crippen LogP contribution in [0.25, 0.3) is 6.08 Å². The van der Waals surface area contributed by atoms with Crippen LogP contribution in [0.4, 0.5) is 0 Å². The Hall–Kier alpha value is -0.0436. The first-order chi connectivity index (χ1) is 11.9. The van der Waals surface area contributed by atoms with Crippen molar-refractivity contribution in [2.45, 2.75) is 32.6 Å². The van der Waals surface area contributed by atoms with Crippen molar-refractivity contribution in [3.8, 4) is 0 Å². The Morgan fingerprint density at radius 2 is 2.27 bits per heavy atom. The van der Waals surface area contributed by atoms with Crippen molar-refractivity contribution in [3.63, 3.8) is 0 Å². The summed E-state index contributed by atoms with van der Waals surface area (Å²) in [4.78, 5) is 30.4. The predicted molar refractivity (Wildman–Crippen MR) is 91.7 cm³/mol. The van der Waals surface area contributed by atoms with Crippen LogP contribution in [0.1, 0.15) is 24.4 Å². The molecule has 0 spiro atoms. The Bertz CT molecular complexity index is 776. The molecule has 1 saturated heterocycles. The van der Waals surface area contributed by atoms with E-state index in [1.165, 1.54) is 34.9 Å². The summed E-state index contributed by atoms with van der Waals surface area (Å²) in [5.74, 6) is -2.57. The molecule has 10 heteroatoms. The second kappa shape index (κ2) is 8.97. The second-order valence-electron chi connectivity index (χ2n) is 6.00. The number of fused-ring (bicyclic) bond motifs is 1. The Morgan fingerprint density at radius 1 is 1.58 bits per heavy atom. The summed E-state index contributed by atoms with van der Waals surface area (Å²) in [7, 11) is 0. The van der Waals surface area contributed by atoms with E-state index >= 15 is 0 Å². The number of hydrogen-bond donors (Lipinski definition) is 2. The summed E-state index contributed by atoms with van der Waals surface area (Å²) >= 11 is 2.58. The molecule has 3 heterocycles. The van der Waals surface area contributed by atoms with Gasteiger partial charge in [-0.25, -0.2) is 4.98 Å². The topological polar surface area (TPSA) is 114 Å². The monoisotopic (exact) mass is 420 g/mol. The summed E-state index contributed by atoms with van der Waals surface area (Å²) < 4.78 is 0. The number of thiazole rings is 1. The molecule has 0 aromatic carbocycles. The molecule has 134 valence electrons. The van der Waals surface area contributed by atoms with E-state index in [4.69, 9.17) is 0 Å². The summed E-state index contributed by atoms with van der Waals surface area (Å²) in [5.41, 5.74) is 2.07. The van der Waals surface area contributed by atoms with E-state index in [2.05, 4.69) is 4.98 Å². The molecule has 7 nitrogen and oxygen atoms in total. The number of hydrogen-bond acceptors (Lipinski definition) is 8. The Kier molecular flexibility index (Phi) is 7.68. The predicted octanol–water partition coefficient (Wildman–Crippen LogP) is -2.84. The van der Waals surface area contributed by atoms with Gasteiger partial charge in [0.25, 0.3) is 0 Å². The van der Waals surface area contributed by atoms with Crippen molar-refractivity contribution < 1.29 is 76.3 Å². The average Bonchev–Trinajstić information content (AvgIpc) is 3.09. The third-order valence-corrected chi connectivity index (χ3v) is 6.47. The fraction of sp³-hybridized carbons (Fsp3) is 0.438. The van der Waals surface area contributed by atoms with E-state index < -0.39 is 18.0 Å². The van der Waals surface area contributed by atoms with Gasteiger partial charge in [-0.15, -0.1) is 11.3 Å². The number of nitrogens with zero attached hydrogens (tertiary/aromatic N) is 2. The number of thioether (sulfide) groups is 1. The molecule has 4 atom stereocenters. The molecule has 0 bridgehead atoms. The molecule has 1 aromatic rings. The van der Waals surface area contributed by atoms with Gasteiger partial charge in [0.05, 0.1) is 52.4 Å². The zero-order chi connectivity index (χ0) is 18.3. The van der Waals surface area contributed by atoms with Crippen LogP contribution in [0.2, 0.25) is 0 Å². The Morgan fingerprint density at radius 3 is 2.85 bits per heavy atom. The van der Waals surface area contributed by atoms with Gasteiger partial charge in [-0.1, -0.05) is 18.7 Å². The van der Waals surface area contributed by atoms with Gasteiger partial charge in [0.1, 0.15) is 0 Å². The van der Waals surface area contributed by atoms with Crippen molar-refractivity contribution in [2.75, 3.05) is 0 Å². The molecular weight excluding hydrogens is 403 g/mol. The first-order valence-electron chi connectivity index (χ1n) is 7.71. The van der Waals surface area contributed by atoms with E-state index in [0.717, 1.165) is 4.88 Å². The van der Waals surface area contributed by atoms with Crippen LogP contribution in [-0.4, -0.2) is 44.1 Å². The van der Waals surface area contributed by atoms with Gasteiger partial charge >= 0.3 is 51.4 Å². The van der Waals surface area contributed by atoms with E-state index in [9.17, 15) is 24.9 Å². The van der Waals surface area contributed by atoms with Crippen molar-refractivity contribution >= 4 is 41.1 Å². The summed E-state index contributed by atoms with van der Waals surface area (Å²) in [5, 5.41) is 32.3. The minimum Gasteiger partial charge on any atom is -0.543 e. The molecule has 1 amide bonds. The molecule has 3 rings (SSSR count). The average molecular weight is 421 g/mol. The number of aliphatic carboxylic acids is 1. The quantitative estimate of drug-likeness (QED) is 0.376. The molecule has 2 aliphatic heterocycles. The first kappa shape index (κ1) is 22.2. The van der Waals surface area contributed by atoms with Crippen LogP contribution in [-0.2, 0) is 16.2 Å². The third kappa shape index (κ3) is 3.76. The molecule has 1 aromatic heterocycles. The molecule has 1 fully saturated rings. The molecule has 2 N–H and O–H groups in total. The maximum atomic E-state index is 12.2. The minimum atomic E-state index is -1.39. The number of carboxylic acids is 1. The van der Waals surface area contributed by atoms with E-state index in [1.807, 2.05) is 6.92 Å². The molecule has 0 radical (unpaired) electrons. The molecule has 0 aliphatic carbocycles.